The number of methoxy groups -OCH3 is 1. The standard InChI is InChI=1S/C25H25N3O3/c1-31-20-12-7-11-19(17-20)26-25(30)28-16-8-15-23(28)24(29)27-22-14-6-5-13-21(22)18-9-3-2-4-10-18/h2-7,9-14,17,23H,8,15-16H2,1H3,(H,26,30)(H,27,29)/t23-/m0/s1. The van der Waals surface area contributed by atoms with Crippen LogP contribution in [0.2, 0.25) is 0 Å². The van der Waals surface area contributed by atoms with Crippen LogP contribution in [0, 0.1) is 0 Å². The van der Waals surface area contributed by atoms with Gasteiger partial charge in [-0.1, -0.05) is 54.6 Å². The molecule has 0 aromatic heterocycles. The molecule has 1 atom stereocenters. The van der Waals surface area contributed by atoms with Crippen molar-refractivity contribution in [1.82, 2.24) is 4.90 Å². The summed E-state index contributed by atoms with van der Waals surface area (Å²) in [5.74, 6) is 0.479. The lowest BCUT2D eigenvalue weighted by Gasteiger charge is -2.25. The van der Waals surface area contributed by atoms with Crippen molar-refractivity contribution >= 4 is 23.3 Å². The lowest BCUT2D eigenvalue weighted by molar-refractivity contribution is -0.119. The smallest absolute Gasteiger partial charge is 0.322 e. The SMILES string of the molecule is COc1cccc(NC(=O)N2CCC[C@H]2C(=O)Nc2ccccc2-c2ccccc2)c1. The number of urea groups is 1. The molecule has 0 unspecified atom stereocenters. The number of benzene rings is 3. The van der Waals surface area contributed by atoms with Crippen LogP contribution >= 0.6 is 0 Å². The number of anilines is 2. The number of ether oxygens (including phenoxy) is 1. The summed E-state index contributed by atoms with van der Waals surface area (Å²) in [6, 6.07) is 24.0. The number of nitrogens with one attached hydrogen (secondary N) is 2. The van der Waals surface area contributed by atoms with Crippen LogP contribution in [0.4, 0.5) is 16.2 Å². The van der Waals surface area contributed by atoms with Crippen molar-refractivity contribution in [2.24, 2.45) is 0 Å². The van der Waals surface area contributed by atoms with Gasteiger partial charge in [0.05, 0.1) is 7.11 Å². The van der Waals surface area contributed by atoms with Gasteiger partial charge in [-0.3, -0.25) is 4.79 Å². The second-order valence-corrected chi connectivity index (χ2v) is 7.41. The van der Waals surface area contributed by atoms with E-state index in [2.05, 4.69) is 10.6 Å². The molecule has 1 saturated heterocycles. The van der Waals surface area contributed by atoms with Crippen LogP contribution in [-0.2, 0) is 4.79 Å². The average molecular weight is 415 g/mol. The number of hydrogen-bond acceptors (Lipinski definition) is 3. The Morgan fingerprint density at radius 3 is 2.52 bits per heavy atom. The first kappa shape index (κ1) is 20.5. The summed E-state index contributed by atoms with van der Waals surface area (Å²) in [7, 11) is 1.58. The molecule has 158 valence electrons. The summed E-state index contributed by atoms with van der Waals surface area (Å²) in [6.07, 6.45) is 1.41. The molecule has 1 aliphatic rings. The van der Waals surface area contributed by atoms with Gasteiger partial charge in [-0.15, -0.1) is 0 Å². The topological polar surface area (TPSA) is 70.7 Å². The Hall–Kier alpha value is -3.80. The zero-order valence-electron chi connectivity index (χ0n) is 17.4. The van der Waals surface area contributed by atoms with Crippen molar-refractivity contribution in [3.8, 4) is 16.9 Å². The molecular formula is C25H25N3O3. The summed E-state index contributed by atoms with van der Waals surface area (Å²) < 4.78 is 5.21. The van der Waals surface area contributed by atoms with Gasteiger partial charge in [-0.2, -0.15) is 0 Å². The van der Waals surface area contributed by atoms with E-state index in [4.69, 9.17) is 4.74 Å². The number of rotatable bonds is 5. The molecule has 0 aliphatic carbocycles. The lowest BCUT2D eigenvalue weighted by Crippen LogP contribution is -2.45. The third-order valence-corrected chi connectivity index (χ3v) is 5.41. The first-order valence-electron chi connectivity index (χ1n) is 10.3. The van der Waals surface area contributed by atoms with E-state index in [0.717, 1.165) is 23.2 Å². The number of para-hydroxylation sites is 1. The third kappa shape index (κ3) is 4.69. The van der Waals surface area contributed by atoms with Gasteiger partial charge in [0, 0.05) is 29.5 Å². The number of carbonyl (C=O) groups is 2. The second-order valence-electron chi connectivity index (χ2n) is 7.41. The fourth-order valence-corrected chi connectivity index (χ4v) is 3.86. The zero-order valence-corrected chi connectivity index (χ0v) is 17.4. The van der Waals surface area contributed by atoms with Gasteiger partial charge in [-0.05, 0) is 36.6 Å². The van der Waals surface area contributed by atoms with Gasteiger partial charge >= 0.3 is 6.03 Å². The molecule has 6 heteroatoms. The molecule has 6 nitrogen and oxygen atoms in total. The second kappa shape index (κ2) is 9.34. The highest BCUT2D eigenvalue weighted by Crippen LogP contribution is 2.29. The molecule has 3 aromatic carbocycles. The largest absolute Gasteiger partial charge is 0.497 e. The van der Waals surface area contributed by atoms with Crippen LogP contribution in [-0.4, -0.2) is 36.5 Å². The fraction of sp³-hybridized carbons (Fsp3) is 0.200. The van der Waals surface area contributed by atoms with Crippen LogP contribution in [0.5, 0.6) is 5.75 Å². The van der Waals surface area contributed by atoms with Crippen molar-refractivity contribution in [2.75, 3.05) is 24.3 Å². The maximum Gasteiger partial charge on any atom is 0.322 e. The van der Waals surface area contributed by atoms with Crippen molar-refractivity contribution in [1.29, 1.82) is 0 Å². The zero-order chi connectivity index (χ0) is 21.6. The average Bonchev–Trinajstić information content (AvgIpc) is 3.31. The monoisotopic (exact) mass is 415 g/mol. The van der Waals surface area contributed by atoms with Gasteiger partial charge in [0.1, 0.15) is 11.8 Å². The minimum absolute atomic E-state index is 0.179. The van der Waals surface area contributed by atoms with E-state index < -0.39 is 6.04 Å². The minimum Gasteiger partial charge on any atom is -0.497 e. The number of likely N-dealkylation sites (tertiary alicyclic amines) is 1. The lowest BCUT2D eigenvalue weighted by atomic mass is 10.0. The van der Waals surface area contributed by atoms with Crippen LogP contribution in [0.3, 0.4) is 0 Å². The van der Waals surface area contributed by atoms with Crippen molar-refractivity contribution in [3.05, 3.63) is 78.9 Å². The molecule has 1 aliphatic heterocycles. The molecule has 2 N–H and O–H groups in total. The highest BCUT2D eigenvalue weighted by Gasteiger charge is 2.34. The maximum atomic E-state index is 13.1. The first-order valence-corrected chi connectivity index (χ1v) is 10.3. The summed E-state index contributed by atoms with van der Waals surface area (Å²) in [5.41, 5.74) is 3.34. The molecule has 0 saturated carbocycles. The first-order chi connectivity index (χ1) is 15.2. The predicted molar refractivity (Wildman–Crippen MR) is 122 cm³/mol. The van der Waals surface area contributed by atoms with E-state index >= 15 is 0 Å². The normalized spacial score (nSPS) is 15.4. The molecule has 0 bridgehead atoms. The van der Waals surface area contributed by atoms with E-state index in [0.29, 0.717) is 24.4 Å². The van der Waals surface area contributed by atoms with E-state index in [1.54, 1.807) is 24.1 Å². The van der Waals surface area contributed by atoms with Crippen molar-refractivity contribution in [3.63, 3.8) is 0 Å². The quantitative estimate of drug-likeness (QED) is 0.616. The Labute approximate surface area is 181 Å². The highest BCUT2D eigenvalue weighted by atomic mass is 16.5. The molecule has 0 radical (unpaired) electrons. The van der Waals surface area contributed by atoms with Crippen molar-refractivity contribution in [2.45, 2.75) is 18.9 Å². The van der Waals surface area contributed by atoms with Crippen LogP contribution in [0.25, 0.3) is 11.1 Å². The molecule has 1 heterocycles. The molecule has 0 spiro atoms. The third-order valence-electron chi connectivity index (χ3n) is 5.41. The summed E-state index contributed by atoms with van der Waals surface area (Å²) >= 11 is 0. The molecule has 3 amide bonds. The maximum absolute atomic E-state index is 13.1. The van der Waals surface area contributed by atoms with Gasteiger partial charge in [-0.25, -0.2) is 4.79 Å². The minimum atomic E-state index is -0.519. The number of hydrogen-bond donors (Lipinski definition) is 2. The Kier molecular flexibility index (Phi) is 6.17. The Morgan fingerprint density at radius 1 is 0.935 bits per heavy atom. The van der Waals surface area contributed by atoms with E-state index in [-0.39, 0.29) is 11.9 Å². The Morgan fingerprint density at radius 2 is 1.71 bits per heavy atom. The molecule has 4 rings (SSSR count). The van der Waals surface area contributed by atoms with E-state index in [1.165, 1.54) is 0 Å². The molecule has 1 fully saturated rings. The van der Waals surface area contributed by atoms with Crippen LogP contribution in [0.15, 0.2) is 78.9 Å². The summed E-state index contributed by atoms with van der Waals surface area (Å²) in [5, 5.41) is 5.91. The predicted octanol–water partition coefficient (Wildman–Crippen LogP) is 5.00. The number of carbonyl (C=O) groups excluding carboxylic acids is 2. The fourth-order valence-electron chi connectivity index (χ4n) is 3.86. The van der Waals surface area contributed by atoms with Gasteiger partial charge in [0.15, 0.2) is 0 Å². The molecular weight excluding hydrogens is 390 g/mol. The van der Waals surface area contributed by atoms with E-state index in [1.807, 2.05) is 66.7 Å². The van der Waals surface area contributed by atoms with Gasteiger partial charge < -0.3 is 20.3 Å². The highest BCUT2D eigenvalue weighted by molar-refractivity contribution is 6.01. The molecule has 3 aromatic rings. The van der Waals surface area contributed by atoms with Gasteiger partial charge in [0.25, 0.3) is 0 Å². The Balaban J connectivity index is 1.48. The number of nitrogens with zero attached hydrogens (tertiary/aromatic N) is 1. The Bertz CT molecular complexity index is 1070. The van der Waals surface area contributed by atoms with Crippen LogP contribution in [0.1, 0.15) is 12.8 Å². The summed E-state index contributed by atoms with van der Waals surface area (Å²) in [4.78, 5) is 27.6. The van der Waals surface area contributed by atoms with Gasteiger partial charge in [0.2, 0.25) is 5.91 Å². The molecule has 31 heavy (non-hydrogen) atoms. The van der Waals surface area contributed by atoms with Crippen LogP contribution < -0.4 is 15.4 Å². The number of amides is 3. The van der Waals surface area contributed by atoms with E-state index in [9.17, 15) is 9.59 Å². The van der Waals surface area contributed by atoms with Crippen molar-refractivity contribution < 1.29 is 14.3 Å². The summed E-state index contributed by atoms with van der Waals surface area (Å²) in [6.45, 7) is 0.536.